The number of carbonyl (C=O) groups is 1. The first kappa shape index (κ1) is 21.1. The average molecular weight is 430 g/mol. The van der Waals surface area contributed by atoms with Crippen LogP contribution in [0.2, 0.25) is 0 Å². The van der Waals surface area contributed by atoms with E-state index in [0.717, 1.165) is 33.4 Å². The van der Waals surface area contributed by atoms with Crippen LogP contribution in [0.1, 0.15) is 41.6 Å². The molecule has 0 heterocycles. The second-order valence-electron chi connectivity index (χ2n) is 7.61. The van der Waals surface area contributed by atoms with E-state index in [9.17, 15) is 9.18 Å². The van der Waals surface area contributed by atoms with Crippen LogP contribution in [0.15, 0.2) is 83.8 Å². The first-order valence-electron chi connectivity index (χ1n) is 10.2. The third kappa shape index (κ3) is 4.97. The highest BCUT2D eigenvalue weighted by molar-refractivity contribution is 7.98. The Kier molecular flexibility index (Phi) is 6.38. The molecular formula is C27H24FNOS. The van der Waals surface area contributed by atoms with Crippen molar-refractivity contribution in [3.63, 3.8) is 0 Å². The van der Waals surface area contributed by atoms with Gasteiger partial charge in [-0.15, -0.1) is 11.8 Å². The largest absolute Gasteiger partial charge is 0.349 e. The molecule has 4 rings (SSSR count). The molecule has 0 aliphatic heterocycles. The van der Waals surface area contributed by atoms with Crippen LogP contribution in [0, 0.1) is 5.82 Å². The Morgan fingerprint density at radius 3 is 2.48 bits per heavy atom. The smallest absolute Gasteiger partial charge is 0.224 e. The molecule has 0 radical (unpaired) electrons. The third-order valence-electron chi connectivity index (χ3n) is 5.43. The molecule has 0 bridgehead atoms. The van der Waals surface area contributed by atoms with E-state index in [1.807, 2.05) is 49.6 Å². The van der Waals surface area contributed by atoms with Crippen LogP contribution >= 0.6 is 11.8 Å². The lowest BCUT2D eigenvalue weighted by Crippen LogP contribution is -2.26. The average Bonchev–Trinajstić information content (AvgIpc) is 3.10. The Labute approximate surface area is 186 Å². The van der Waals surface area contributed by atoms with Crippen molar-refractivity contribution in [1.82, 2.24) is 5.32 Å². The summed E-state index contributed by atoms with van der Waals surface area (Å²) in [5.74, 6) is -0.378. The number of amides is 1. The van der Waals surface area contributed by atoms with E-state index in [1.165, 1.54) is 17.0 Å². The van der Waals surface area contributed by atoms with E-state index in [2.05, 4.69) is 35.7 Å². The molecule has 1 N–H and O–H groups in total. The summed E-state index contributed by atoms with van der Waals surface area (Å²) in [7, 11) is 0. The summed E-state index contributed by atoms with van der Waals surface area (Å²) in [5, 5.41) is 3.05. The van der Waals surface area contributed by atoms with Gasteiger partial charge >= 0.3 is 0 Å². The molecule has 0 aromatic heterocycles. The van der Waals surface area contributed by atoms with E-state index >= 15 is 0 Å². The number of rotatable bonds is 6. The van der Waals surface area contributed by atoms with Crippen LogP contribution in [0.25, 0.3) is 17.2 Å². The molecule has 0 saturated carbocycles. The highest BCUT2D eigenvalue weighted by Crippen LogP contribution is 2.38. The van der Waals surface area contributed by atoms with E-state index in [0.29, 0.717) is 0 Å². The minimum Gasteiger partial charge on any atom is -0.349 e. The van der Waals surface area contributed by atoms with Gasteiger partial charge in [-0.1, -0.05) is 48.5 Å². The van der Waals surface area contributed by atoms with Crippen molar-refractivity contribution < 1.29 is 9.18 Å². The van der Waals surface area contributed by atoms with Crippen molar-refractivity contribution in [2.75, 3.05) is 6.26 Å². The highest BCUT2D eigenvalue weighted by Gasteiger charge is 2.22. The summed E-state index contributed by atoms with van der Waals surface area (Å²) in [5.41, 5.74) is 5.69. The van der Waals surface area contributed by atoms with Gasteiger partial charge in [0.25, 0.3) is 0 Å². The predicted molar refractivity (Wildman–Crippen MR) is 128 cm³/mol. The number of hydrogen-bond donors (Lipinski definition) is 1. The second kappa shape index (κ2) is 9.36. The number of fused-ring (bicyclic) bond motifs is 1. The topological polar surface area (TPSA) is 29.1 Å². The molecule has 4 heteroatoms. The first-order valence-corrected chi connectivity index (χ1v) is 11.5. The SMILES string of the molecule is CSc1ccc(/C=C2\C=C(CC(=O)N[C@H](C)c3ccccc3)c3cc(F)ccc32)cc1. The molecule has 3 aromatic rings. The van der Waals surface area contributed by atoms with Gasteiger partial charge in [0.1, 0.15) is 5.82 Å². The van der Waals surface area contributed by atoms with Crippen LogP contribution in [0.5, 0.6) is 0 Å². The molecule has 1 atom stereocenters. The van der Waals surface area contributed by atoms with Crippen LogP contribution in [0.3, 0.4) is 0 Å². The first-order chi connectivity index (χ1) is 15.0. The van der Waals surface area contributed by atoms with E-state index < -0.39 is 0 Å². The third-order valence-corrected chi connectivity index (χ3v) is 6.18. The van der Waals surface area contributed by atoms with Crippen molar-refractivity contribution in [2.45, 2.75) is 24.3 Å². The Hall–Kier alpha value is -3.11. The number of carbonyl (C=O) groups excluding carboxylic acids is 1. The van der Waals surface area contributed by atoms with Gasteiger partial charge in [0.15, 0.2) is 0 Å². The zero-order valence-corrected chi connectivity index (χ0v) is 18.4. The number of benzene rings is 3. The molecule has 2 nitrogen and oxygen atoms in total. The molecule has 0 unspecified atom stereocenters. The van der Waals surface area contributed by atoms with E-state index in [1.54, 1.807) is 17.8 Å². The minimum atomic E-state index is -0.298. The van der Waals surface area contributed by atoms with Crippen molar-refractivity contribution in [3.05, 3.63) is 107 Å². The number of halogens is 1. The van der Waals surface area contributed by atoms with Crippen LogP contribution in [-0.4, -0.2) is 12.2 Å². The summed E-state index contributed by atoms with van der Waals surface area (Å²) in [6.45, 7) is 1.97. The van der Waals surface area contributed by atoms with Crippen molar-refractivity contribution in [1.29, 1.82) is 0 Å². The standard InChI is InChI=1S/C27H24FNOS/c1-18(20-6-4-3-5-7-20)29-27(30)16-22-15-21(25-13-10-23(28)17-26(22)25)14-19-8-11-24(31-2)12-9-19/h3-15,17-18H,16H2,1-2H3,(H,29,30)/b21-14+/t18-/m1/s1. The van der Waals surface area contributed by atoms with Crippen molar-refractivity contribution >= 4 is 34.9 Å². The monoisotopic (exact) mass is 429 g/mol. The molecule has 0 spiro atoms. The van der Waals surface area contributed by atoms with Gasteiger partial charge in [-0.3, -0.25) is 4.79 Å². The maximum atomic E-state index is 14.0. The fourth-order valence-electron chi connectivity index (χ4n) is 3.81. The Morgan fingerprint density at radius 1 is 1.03 bits per heavy atom. The van der Waals surface area contributed by atoms with Gasteiger partial charge in [-0.2, -0.15) is 0 Å². The second-order valence-corrected chi connectivity index (χ2v) is 8.49. The lowest BCUT2D eigenvalue weighted by Gasteiger charge is -2.15. The summed E-state index contributed by atoms with van der Waals surface area (Å²) in [6, 6.07) is 22.9. The Bertz CT molecular complexity index is 1150. The maximum absolute atomic E-state index is 14.0. The quantitative estimate of drug-likeness (QED) is 0.439. The lowest BCUT2D eigenvalue weighted by atomic mass is 10.0. The zero-order chi connectivity index (χ0) is 21.8. The van der Waals surface area contributed by atoms with Gasteiger partial charge in [-0.25, -0.2) is 4.39 Å². The van der Waals surface area contributed by atoms with Crippen molar-refractivity contribution in [2.24, 2.45) is 0 Å². The fourth-order valence-corrected chi connectivity index (χ4v) is 4.22. The van der Waals surface area contributed by atoms with Crippen LogP contribution in [0.4, 0.5) is 4.39 Å². The molecule has 1 aliphatic carbocycles. The molecule has 0 saturated heterocycles. The predicted octanol–water partition coefficient (Wildman–Crippen LogP) is 6.75. The zero-order valence-electron chi connectivity index (χ0n) is 17.6. The molecule has 3 aromatic carbocycles. The molecule has 31 heavy (non-hydrogen) atoms. The lowest BCUT2D eigenvalue weighted by molar-refractivity contribution is -0.120. The molecule has 0 fully saturated rings. The Balaban J connectivity index is 1.57. The highest BCUT2D eigenvalue weighted by atomic mass is 32.2. The number of allylic oxidation sites excluding steroid dienone is 2. The number of nitrogens with one attached hydrogen (secondary N) is 1. The molecular weight excluding hydrogens is 405 g/mol. The van der Waals surface area contributed by atoms with Gasteiger partial charge < -0.3 is 5.32 Å². The van der Waals surface area contributed by atoms with Crippen molar-refractivity contribution in [3.8, 4) is 0 Å². The summed E-state index contributed by atoms with van der Waals surface area (Å²) in [4.78, 5) is 14.0. The Morgan fingerprint density at radius 2 is 1.77 bits per heavy atom. The maximum Gasteiger partial charge on any atom is 0.224 e. The molecule has 1 aliphatic rings. The minimum absolute atomic E-state index is 0.0802. The molecule has 156 valence electrons. The summed E-state index contributed by atoms with van der Waals surface area (Å²) in [6.07, 6.45) is 6.34. The van der Waals surface area contributed by atoms with Gasteiger partial charge in [0.2, 0.25) is 5.91 Å². The van der Waals surface area contributed by atoms with E-state index in [-0.39, 0.29) is 24.2 Å². The summed E-state index contributed by atoms with van der Waals surface area (Å²) >= 11 is 1.70. The number of hydrogen-bond acceptors (Lipinski definition) is 2. The van der Waals surface area contributed by atoms with Gasteiger partial charge in [0, 0.05) is 4.90 Å². The van der Waals surface area contributed by atoms with Crippen LogP contribution in [-0.2, 0) is 4.79 Å². The van der Waals surface area contributed by atoms with E-state index in [4.69, 9.17) is 0 Å². The molecule has 1 amide bonds. The number of thioether (sulfide) groups is 1. The fraction of sp³-hybridized carbons (Fsp3) is 0.148. The van der Waals surface area contributed by atoms with Gasteiger partial charge in [0.05, 0.1) is 12.5 Å². The van der Waals surface area contributed by atoms with Crippen LogP contribution < -0.4 is 5.32 Å². The normalized spacial score (nSPS) is 14.8. The van der Waals surface area contributed by atoms with Gasteiger partial charge in [-0.05, 0) is 83.0 Å². The summed E-state index contributed by atoms with van der Waals surface area (Å²) < 4.78 is 14.0.